The Morgan fingerprint density at radius 2 is 2.17 bits per heavy atom. The number of hydrogen-bond acceptors (Lipinski definition) is 4. The number of nitrogens with zero attached hydrogens (tertiary/aromatic N) is 3. The molecule has 3 heterocycles. The summed E-state index contributed by atoms with van der Waals surface area (Å²) in [5.41, 5.74) is 0.958. The van der Waals surface area contributed by atoms with Gasteiger partial charge in [-0.1, -0.05) is 0 Å². The van der Waals surface area contributed by atoms with E-state index in [4.69, 9.17) is 16.0 Å². The molecule has 0 spiro atoms. The largest absolute Gasteiger partial charge is 0.452 e. The number of aromatic nitrogens is 2. The second kappa shape index (κ2) is 7.09. The predicted octanol–water partition coefficient (Wildman–Crippen LogP) is 1.95. The van der Waals surface area contributed by atoms with Crippen molar-refractivity contribution in [3.63, 3.8) is 0 Å². The van der Waals surface area contributed by atoms with Gasteiger partial charge in [-0.3, -0.25) is 14.3 Å². The number of carbonyl (C=O) groups is 2. The lowest BCUT2D eigenvalue weighted by molar-refractivity contribution is 0.0684. The first-order valence-electron chi connectivity index (χ1n) is 7.83. The smallest absolute Gasteiger partial charge is 0.258 e. The summed E-state index contributed by atoms with van der Waals surface area (Å²) in [7, 11) is 1.77. The molecule has 0 aliphatic carbocycles. The first kappa shape index (κ1) is 16.6. The lowest BCUT2D eigenvalue weighted by Gasteiger charge is -2.31. The van der Waals surface area contributed by atoms with Crippen LogP contribution >= 0.6 is 11.6 Å². The topological polar surface area (TPSA) is 80.4 Å². The molecule has 1 saturated heterocycles. The van der Waals surface area contributed by atoms with Crippen molar-refractivity contribution in [2.45, 2.75) is 12.8 Å². The zero-order valence-corrected chi connectivity index (χ0v) is 14.1. The molecule has 1 N–H and O–H groups in total. The second-order valence-electron chi connectivity index (χ2n) is 5.96. The Morgan fingerprint density at radius 1 is 1.42 bits per heavy atom. The van der Waals surface area contributed by atoms with Crippen LogP contribution in [0.2, 0.25) is 5.22 Å². The summed E-state index contributed by atoms with van der Waals surface area (Å²) in [5.74, 6) is 0.132. The highest BCUT2D eigenvalue weighted by Crippen LogP contribution is 2.22. The highest BCUT2D eigenvalue weighted by atomic mass is 35.5. The molecule has 0 saturated carbocycles. The van der Waals surface area contributed by atoms with E-state index in [1.807, 2.05) is 0 Å². The van der Waals surface area contributed by atoms with Crippen molar-refractivity contribution in [3.8, 4) is 0 Å². The standard InChI is InChI=1S/C16H19ClN4O3/c1-20-10-12(9-19-20)15(22)18-8-11-2-5-21(6-3-11)16(23)13-4-7-24-14(13)17/h4,7,9-11H,2-3,5-6,8H2,1H3,(H,18,22). The Morgan fingerprint density at radius 3 is 2.75 bits per heavy atom. The molecular formula is C16H19ClN4O3. The van der Waals surface area contributed by atoms with Crippen LogP contribution in [0.15, 0.2) is 29.1 Å². The van der Waals surface area contributed by atoms with E-state index in [1.165, 1.54) is 6.26 Å². The van der Waals surface area contributed by atoms with Gasteiger partial charge in [0, 0.05) is 32.9 Å². The van der Waals surface area contributed by atoms with Crippen LogP contribution < -0.4 is 5.32 Å². The van der Waals surface area contributed by atoms with Crippen LogP contribution in [0.1, 0.15) is 33.6 Å². The molecule has 0 unspecified atom stereocenters. The fourth-order valence-corrected chi connectivity index (χ4v) is 3.03. The SMILES string of the molecule is Cn1cc(C(=O)NCC2CCN(C(=O)c3ccoc3Cl)CC2)cn1. The minimum absolute atomic E-state index is 0.105. The van der Waals surface area contributed by atoms with Crippen LogP contribution in [0.4, 0.5) is 0 Å². The van der Waals surface area contributed by atoms with Crippen LogP contribution in [0, 0.1) is 5.92 Å². The second-order valence-corrected chi connectivity index (χ2v) is 6.30. The van der Waals surface area contributed by atoms with Crippen LogP contribution in [0.5, 0.6) is 0 Å². The average molecular weight is 351 g/mol. The number of halogens is 1. The van der Waals surface area contributed by atoms with Gasteiger partial charge in [0.25, 0.3) is 11.8 Å². The van der Waals surface area contributed by atoms with E-state index in [0.29, 0.717) is 36.7 Å². The third kappa shape index (κ3) is 3.62. The molecule has 0 aromatic carbocycles. The highest BCUT2D eigenvalue weighted by molar-refractivity contribution is 6.32. The molecule has 24 heavy (non-hydrogen) atoms. The predicted molar refractivity (Wildman–Crippen MR) is 87.9 cm³/mol. The summed E-state index contributed by atoms with van der Waals surface area (Å²) < 4.78 is 6.57. The number of rotatable bonds is 4. The molecule has 128 valence electrons. The summed E-state index contributed by atoms with van der Waals surface area (Å²) in [6, 6.07) is 1.59. The minimum Gasteiger partial charge on any atom is -0.452 e. The fourth-order valence-electron chi connectivity index (χ4n) is 2.83. The molecule has 2 aromatic heterocycles. The average Bonchev–Trinajstić information content (AvgIpc) is 3.21. The number of amides is 2. The third-order valence-corrected chi connectivity index (χ3v) is 4.56. The van der Waals surface area contributed by atoms with Gasteiger partial charge < -0.3 is 14.6 Å². The maximum atomic E-state index is 12.3. The van der Waals surface area contributed by atoms with E-state index >= 15 is 0 Å². The monoisotopic (exact) mass is 350 g/mol. The number of aryl methyl sites for hydroxylation is 1. The summed E-state index contributed by atoms with van der Waals surface area (Å²) >= 11 is 5.86. The number of carbonyl (C=O) groups excluding carboxylic acids is 2. The van der Waals surface area contributed by atoms with Gasteiger partial charge in [-0.2, -0.15) is 5.10 Å². The Hall–Kier alpha value is -2.28. The van der Waals surface area contributed by atoms with E-state index in [-0.39, 0.29) is 17.0 Å². The summed E-state index contributed by atoms with van der Waals surface area (Å²) in [4.78, 5) is 26.1. The Balaban J connectivity index is 1.46. The van der Waals surface area contributed by atoms with Crippen molar-refractivity contribution in [3.05, 3.63) is 41.1 Å². The lowest BCUT2D eigenvalue weighted by Crippen LogP contribution is -2.41. The zero-order chi connectivity index (χ0) is 17.1. The van der Waals surface area contributed by atoms with E-state index in [9.17, 15) is 9.59 Å². The molecule has 1 aliphatic heterocycles. The first-order chi connectivity index (χ1) is 11.5. The van der Waals surface area contributed by atoms with Crippen LogP contribution in [0.3, 0.4) is 0 Å². The number of likely N-dealkylation sites (tertiary alicyclic amines) is 1. The van der Waals surface area contributed by atoms with Gasteiger partial charge in [-0.25, -0.2) is 0 Å². The molecule has 3 rings (SSSR count). The fraction of sp³-hybridized carbons (Fsp3) is 0.438. The van der Waals surface area contributed by atoms with E-state index in [1.54, 1.807) is 35.1 Å². The van der Waals surface area contributed by atoms with Gasteiger partial charge in [0.05, 0.1) is 23.6 Å². The molecule has 2 aromatic rings. The maximum Gasteiger partial charge on any atom is 0.258 e. The van der Waals surface area contributed by atoms with Crippen molar-refractivity contribution < 1.29 is 14.0 Å². The maximum absolute atomic E-state index is 12.3. The van der Waals surface area contributed by atoms with Crippen molar-refractivity contribution in [1.82, 2.24) is 20.0 Å². The van der Waals surface area contributed by atoms with Crippen LogP contribution in [0.25, 0.3) is 0 Å². The third-order valence-electron chi connectivity index (χ3n) is 4.27. The zero-order valence-electron chi connectivity index (χ0n) is 13.4. The first-order valence-corrected chi connectivity index (χ1v) is 8.21. The summed E-state index contributed by atoms with van der Waals surface area (Å²) in [5, 5.41) is 7.05. The number of furan rings is 1. The molecule has 1 fully saturated rings. The molecule has 0 bridgehead atoms. The van der Waals surface area contributed by atoms with Crippen molar-refractivity contribution in [1.29, 1.82) is 0 Å². The summed E-state index contributed by atoms with van der Waals surface area (Å²) in [6.45, 7) is 1.89. The minimum atomic E-state index is -0.119. The Bertz CT molecular complexity index is 731. The molecule has 8 heteroatoms. The summed E-state index contributed by atoms with van der Waals surface area (Å²) in [6.07, 6.45) is 6.33. The van der Waals surface area contributed by atoms with Crippen molar-refractivity contribution >= 4 is 23.4 Å². The van der Waals surface area contributed by atoms with Crippen molar-refractivity contribution in [2.24, 2.45) is 13.0 Å². The number of hydrogen-bond donors (Lipinski definition) is 1. The Labute approximate surface area is 144 Å². The van der Waals surface area contributed by atoms with Crippen LogP contribution in [-0.2, 0) is 7.05 Å². The molecular weight excluding hydrogens is 332 g/mol. The normalized spacial score (nSPS) is 15.5. The van der Waals surface area contributed by atoms with Gasteiger partial charge in [0.2, 0.25) is 5.22 Å². The van der Waals surface area contributed by atoms with E-state index < -0.39 is 0 Å². The number of nitrogens with one attached hydrogen (secondary N) is 1. The quantitative estimate of drug-likeness (QED) is 0.913. The lowest BCUT2D eigenvalue weighted by atomic mass is 9.96. The molecule has 2 amide bonds. The van der Waals surface area contributed by atoms with Gasteiger partial charge in [0.15, 0.2) is 0 Å². The van der Waals surface area contributed by atoms with Gasteiger partial charge in [0.1, 0.15) is 0 Å². The van der Waals surface area contributed by atoms with Gasteiger partial charge in [-0.15, -0.1) is 0 Å². The van der Waals surface area contributed by atoms with Crippen LogP contribution in [-0.4, -0.2) is 46.1 Å². The Kier molecular flexibility index (Phi) is 4.89. The molecule has 0 radical (unpaired) electrons. The molecule has 7 nitrogen and oxygen atoms in total. The highest BCUT2D eigenvalue weighted by Gasteiger charge is 2.26. The molecule has 1 aliphatic rings. The van der Waals surface area contributed by atoms with E-state index in [0.717, 1.165) is 12.8 Å². The van der Waals surface area contributed by atoms with E-state index in [2.05, 4.69) is 10.4 Å². The van der Waals surface area contributed by atoms with Gasteiger partial charge in [-0.05, 0) is 36.4 Å². The number of piperidine rings is 1. The molecule has 0 atom stereocenters. The van der Waals surface area contributed by atoms with Crippen molar-refractivity contribution in [2.75, 3.05) is 19.6 Å². The van der Waals surface area contributed by atoms with Gasteiger partial charge >= 0.3 is 0 Å².